The summed E-state index contributed by atoms with van der Waals surface area (Å²) in [5.41, 5.74) is 3.16. The van der Waals surface area contributed by atoms with Gasteiger partial charge in [-0.15, -0.1) is 5.11 Å². The summed E-state index contributed by atoms with van der Waals surface area (Å²) >= 11 is 6.03. The van der Waals surface area contributed by atoms with Crippen LogP contribution in [0.1, 0.15) is 32.4 Å². The van der Waals surface area contributed by atoms with E-state index in [9.17, 15) is 9.59 Å². The first-order chi connectivity index (χ1) is 17.4. The minimum Gasteiger partial charge on any atom is -0.445 e. The second-order valence-corrected chi connectivity index (χ2v) is 8.63. The molecule has 4 rings (SSSR count). The number of hydrogen-bond acceptors (Lipinski definition) is 6. The Hall–Kier alpha value is -4.29. The van der Waals surface area contributed by atoms with E-state index in [-0.39, 0.29) is 11.3 Å². The number of benzene rings is 4. The SMILES string of the molecule is CN(C)c1ccc(N=Nc2ccccc2C(=O)O[C@H](C(=O)c2ccccc2)c2ccc(Cl)cc2)cc1. The largest absolute Gasteiger partial charge is 0.445 e. The maximum absolute atomic E-state index is 13.3. The lowest BCUT2D eigenvalue weighted by atomic mass is 9.99. The molecule has 0 aromatic heterocycles. The standard InChI is InChI=1S/C29H24ClN3O3/c1-33(2)24-18-16-23(17-19-24)31-32-26-11-7-6-10-25(26)29(35)36-28(21-12-14-22(30)15-13-21)27(34)20-8-4-3-5-9-20/h3-19,28H,1-2H3/t28-/m0/s1. The predicted octanol–water partition coefficient (Wildman–Crippen LogP) is 7.60. The van der Waals surface area contributed by atoms with E-state index in [1.54, 1.807) is 72.8 Å². The molecule has 0 saturated carbocycles. The summed E-state index contributed by atoms with van der Waals surface area (Å²) in [5.74, 6) is -1.02. The third-order valence-electron chi connectivity index (χ3n) is 5.46. The molecule has 180 valence electrons. The molecule has 6 nitrogen and oxygen atoms in total. The first-order valence-electron chi connectivity index (χ1n) is 11.3. The fraction of sp³-hybridized carbons (Fsp3) is 0.103. The Morgan fingerprint density at radius 1 is 0.778 bits per heavy atom. The molecule has 0 aliphatic rings. The highest BCUT2D eigenvalue weighted by molar-refractivity contribution is 6.30. The summed E-state index contributed by atoms with van der Waals surface area (Å²) in [7, 11) is 3.91. The van der Waals surface area contributed by atoms with Gasteiger partial charge < -0.3 is 9.64 Å². The van der Waals surface area contributed by atoms with Crippen molar-refractivity contribution in [3.63, 3.8) is 0 Å². The number of Topliss-reactive ketones (excluding diaryl/α,β-unsaturated/α-hetero) is 1. The number of azo groups is 1. The topological polar surface area (TPSA) is 71.3 Å². The van der Waals surface area contributed by atoms with E-state index in [2.05, 4.69) is 10.2 Å². The first-order valence-corrected chi connectivity index (χ1v) is 11.6. The predicted molar refractivity (Wildman–Crippen MR) is 142 cm³/mol. The number of ether oxygens (including phenoxy) is 1. The van der Waals surface area contributed by atoms with E-state index in [1.807, 2.05) is 49.3 Å². The number of carbonyl (C=O) groups excluding carboxylic acids is 2. The summed E-state index contributed by atoms with van der Waals surface area (Å²) < 4.78 is 5.77. The van der Waals surface area contributed by atoms with Crippen LogP contribution < -0.4 is 4.90 Å². The maximum atomic E-state index is 13.3. The van der Waals surface area contributed by atoms with Crippen LogP contribution >= 0.6 is 11.6 Å². The van der Waals surface area contributed by atoms with E-state index in [0.29, 0.717) is 27.5 Å². The fourth-order valence-corrected chi connectivity index (χ4v) is 3.62. The van der Waals surface area contributed by atoms with Crippen molar-refractivity contribution in [2.45, 2.75) is 6.10 Å². The summed E-state index contributed by atoms with van der Waals surface area (Å²) in [5, 5.41) is 9.06. The van der Waals surface area contributed by atoms with Gasteiger partial charge in [-0.3, -0.25) is 4.79 Å². The minimum atomic E-state index is -1.15. The second-order valence-electron chi connectivity index (χ2n) is 8.20. The molecule has 0 radical (unpaired) electrons. The Bertz CT molecular complexity index is 1370. The molecule has 1 atom stereocenters. The van der Waals surface area contributed by atoms with Crippen LogP contribution in [0.25, 0.3) is 0 Å². The lowest BCUT2D eigenvalue weighted by Crippen LogP contribution is -2.20. The molecule has 0 aliphatic heterocycles. The van der Waals surface area contributed by atoms with Gasteiger partial charge in [-0.05, 0) is 48.5 Å². The number of esters is 1. The van der Waals surface area contributed by atoms with Crippen LogP contribution in [-0.2, 0) is 4.74 Å². The number of nitrogens with zero attached hydrogens (tertiary/aromatic N) is 3. The molecule has 0 saturated heterocycles. The minimum absolute atomic E-state index is 0.200. The summed E-state index contributed by atoms with van der Waals surface area (Å²) in [4.78, 5) is 28.6. The van der Waals surface area contributed by atoms with Crippen molar-refractivity contribution in [1.82, 2.24) is 0 Å². The summed E-state index contributed by atoms with van der Waals surface area (Å²) in [6.45, 7) is 0. The molecule has 0 unspecified atom stereocenters. The van der Waals surface area contributed by atoms with Crippen LogP contribution in [0, 0.1) is 0 Å². The van der Waals surface area contributed by atoms with Crippen LogP contribution in [0.3, 0.4) is 0 Å². The van der Waals surface area contributed by atoms with Crippen LogP contribution in [0.15, 0.2) is 113 Å². The molecule has 0 N–H and O–H groups in total. The van der Waals surface area contributed by atoms with Crippen molar-refractivity contribution in [2.24, 2.45) is 10.2 Å². The normalized spacial score (nSPS) is 11.8. The van der Waals surface area contributed by atoms with Crippen LogP contribution in [0.4, 0.5) is 17.1 Å². The molecule has 0 spiro atoms. The Kier molecular flexibility index (Phi) is 7.88. The number of carbonyl (C=O) groups is 2. The fourth-order valence-electron chi connectivity index (χ4n) is 3.50. The lowest BCUT2D eigenvalue weighted by molar-refractivity contribution is 0.0281. The van der Waals surface area contributed by atoms with Crippen LogP contribution in [0.5, 0.6) is 0 Å². The lowest BCUT2D eigenvalue weighted by Gasteiger charge is -2.18. The zero-order valence-corrected chi connectivity index (χ0v) is 20.6. The van der Waals surface area contributed by atoms with Gasteiger partial charge in [-0.2, -0.15) is 5.11 Å². The van der Waals surface area contributed by atoms with Crippen LogP contribution in [-0.4, -0.2) is 25.8 Å². The monoisotopic (exact) mass is 497 g/mol. The summed E-state index contributed by atoms with van der Waals surface area (Å²) in [6, 6.07) is 29.6. The first kappa shape index (κ1) is 24.8. The van der Waals surface area contributed by atoms with Gasteiger partial charge >= 0.3 is 5.97 Å². The van der Waals surface area contributed by atoms with Gasteiger partial charge in [-0.1, -0.05) is 66.2 Å². The van der Waals surface area contributed by atoms with E-state index in [0.717, 1.165) is 5.69 Å². The van der Waals surface area contributed by atoms with Gasteiger partial charge in [0.15, 0.2) is 6.10 Å². The Labute approximate surface area is 214 Å². The Morgan fingerprint density at radius 3 is 2.08 bits per heavy atom. The van der Waals surface area contributed by atoms with Crippen molar-refractivity contribution in [1.29, 1.82) is 0 Å². The highest BCUT2D eigenvalue weighted by atomic mass is 35.5. The molecule has 36 heavy (non-hydrogen) atoms. The van der Waals surface area contributed by atoms with Crippen molar-refractivity contribution >= 4 is 40.4 Å². The zero-order chi connectivity index (χ0) is 25.5. The number of rotatable bonds is 8. The maximum Gasteiger partial charge on any atom is 0.341 e. The zero-order valence-electron chi connectivity index (χ0n) is 19.8. The van der Waals surface area contributed by atoms with E-state index in [1.165, 1.54) is 0 Å². The molecule has 4 aromatic rings. The van der Waals surface area contributed by atoms with Gasteiger partial charge in [-0.25, -0.2) is 4.79 Å². The van der Waals surface area contributed by atoms with Crippen molar-refractivity contribution in [2.75, 3.05) is 19.0 Å². The number of halogens is 1. The average molecular weight is 498 g/mol. The molecular formula is C29H24ClN3O3. The molecule has 0 bridgehead atoms. The van der Waals surface area contributed by atoms with Crippen molar-refractivity contribution in [3.8, 4) is 0 Å². The number of ketones is 1. The number of anilines is 1. The van der Waals surface area contributed by atoms with Crippen molar-refractivity contribution in [3.05, 3.63) is 125 Å². The van der Waals surface area contributed by atoms with Gasteiger partial charge in [0.05, 0.1) is 11.3 Å². The Morgan fingerprint density at radius 2 is 1.42 bits per heavy atom. The number of hydrogen-bond donors (Lipinski definition) is 0. The smallest absolute Gasteiger partial charge is 0.341 e. The average Bonchev–Trinajstić information content (AvgIpc) is 2.91. The highest BCUT2D eigenvalue weighted by Crippen LogP contribution is 2.29. The van der Waals surface area contributed by atoms with E-state index < -0.39 is 12.1 Å². The molecule has 0 amide bonds. The summed E-state index contributed by atoms with van der Waals surface area (Å²) in [6.07, 6.45) is -1.15. The van der Waals surface area contributed by atoms with Crippen LogP contribution in [0.2, 0.25) is 5.02 Å². The van der Waals surface area contributed by atoms with E-state index in [4.69, 9.17) is 16.3 Å². The molecular weight excluding hydrogens is 474 g/mol. The van der Waals surface area contributed by atoms with Gasteiger partial charge in [0.2, 0.25) is 5.78 Å². The quantitative estimate of drug-likeness (QED) is 0.143. The Balaban J connectivity index is 1.61. The molecule has 0 aliphatic carbocycles. The van der Waals surface area contributed by atoms with E-state index >= 15 is 0 Å². The van der Waals surface area contributed by atoms with Gasteiger partial charge in [0.25, 0.3) is 0 Å². The van der Waals surface area contributed by atoms with Crippen molar-refractivity contribution < 1.29 is 14.3 Å². The second kappa shape index (κ2) is 11.4. The van der Waals surface area contributed by atoms with Gasteiger partial charge in [0, 0.05) is 35.9 Å². The van der Waals surface area contributed by atoms with Gasteiger partial charge in [0.1, 0.15) is 5.69 Å². The third-order valence-corrected chi connectivity index (χ3v) is 5.71. The molecule has 0 heterocycles. The molecule has 4 aromatic carbocycles. The highest BCUT2D eigenvalue weighted by Gasteiger charge is 2.27. The third kappa shape index (κ3) is 6.03. The molecule has 0 fully saturated rings. The molecule has 7 heteroatoms.